The summed E-state index contributed by atoms with van der Waals surface area (Å²) >= 11 is 9.42. The first-order valence-corrected chi connectivity index (χ1v) is 5.76. The zero-order chi connectivity index (χ0) is 10.8. The molecular weight excluding hydrogens is 275 g/mol. The van der Waals surface area contributed by atoms with Crippen LogP contribution in [0.1, 0.15) is 11.4 Å². The van der Waals surface area contributed by atoms with Crippen molar-refractivity contribution < 1.29 is 0 Å². The summed E-state index contributed by atoms with van der Waals surface area (Å²) in [7, 11) is 0. The molecule has 0 bridgehead atoms. The van der Waals surface area contributed by atoms with Crippen LogP contribution in [0.3, 0.4) is 0 Å². The molecular formula is C11H10BrClN2. The molecule has 0 atom stereocenters. The normalized spacial score (nSPS) is 10.6. The van der Waals surface area contributed by atoms with E-state index < -0.39 is 0 Å². The highest BCUT2D eigenvalue weighted by atomic mass is 79.9. The molecule has 4 heteroatoms. The average Bonchev–Trinajstić information content (AvgIpc) is 2.53. The van der Waals surface area contributed by atoms with Gasteiger partial charge in [-0.3, -0.25) is 0 Å². The molecule has 0 saturated heterocycles. The standard InChI is InChI=1S/C11H10BrClN2/c1-8-14-6-11(13)15(8)7-9-2-4-10(12)5-3-9/h2-6H,7H2,1H3. The predicted molar refractivity (Wildman–Crippen MR) is 65.2 cm³/mol. The van der Waals surface area contributed by atoms with Crippen LogP contribution in [-0.2, 0) is 6.54 Å². The lowest BCUT2D eigenvalue weighted by atomic mass is 10.2. The van der Waals surface area contributed by atoms with Crippen LogP contribution in [0.4, 0.5) is 0 Å². The van der Waals surface area contributed by atoms with Crippen molar-refractivity contribution in [2.75, 3.05) is 0 Å². The van der Waals surface area contributed by atoms with Gasteiger partial charge in [0, 0.05) is 4.47 Å². The van der Waals surface area contributed by atoms with Crippen LogP contribution >= 0.6 is 27.5 Å². The number of halogens is 2. The Morgan fingerprint density at radius 2 is 2.00 bits per heavy atom. The number of hydrogen-bond donors (Lipinski definition) is 0. The van der Waals surface area contributed by atoms with E-state index in [2.05, 4.69) is 33.0 Å². The van der Waals surface area contributed by atoms with E-state index in [1.165, 1.54) is 5.56 Å². The number of imidazole rings is 1. The molecule has 0 aliphatic rings. The second-order valence-corrected chi connectivity index (χ2v) is 4.64. The number of rotatable bonds is 2. The Morgan fingerprint density at radius 3 is 2.53 bits per heavy atom. The molecule has 0 aliphatic heterocycles. The largest absolute Gasteiger partial charge is 0.315 e. The summed E-state index contributed by atoms with van der Waals surface area (Å²) in [5, 5.41) is 0.676. The van der Waals surface area contributed by atoms with Crippen molar-refractivity contribution in [1.82, 2.24) is 9.55 Å². The molecule has 1 aromatic carbocycles. The Bertz CT molecular complexity index is 442. The molecule has 78 valence electrons. The van der Waals surface area contributed by atoms with E-state index in [0.29, 0.717) is 5.15 Å². The van der Waals surface area contributed by atoms with Gasteiger partial charge in [0.1, 0.15) is 11.0 Å². The van der Waals surface area contributed by atoms with E-state index in [9.17, 15) is 0 Å². The molecule has 2 aromatic rings. The minimum atomic E-state index is 0.676. The zero-order valence-corrected chi connectivity index (χ0v) is 10.6. The summed E-state index contributed by atoms with van der Waals surface area (Å²) in [4.78, 5) is 4.15. The molecule has 0 radical (unpaired) electrons. The number of aromatic nitrogens is 2. The van der Waals surface area contributed by atoms with Gasteiger partial charge in [-0.1, -0.05) is 39.7 Å². The third-order valence-corrected chi connectivity index (χ3v) is 3.09. The maximum absolute atomic E-state index is 6.02. The Labute approximate surface area is 102 Å². The van der Waals surface area contributed by atoms with Gasteiger partial charge in [0.15, 0.2) is 0 Å². The first-order valence-electron chi connectivity index (χ1n) is 4.59. The summed E-state index contributed by atoms with van der Waals surface area (Å²) in [5.41, 5.74) is 1.21. The van der Waals surface area contributed by atoms with Gasteiger partial charge in [0.05, 0.1) is 12.7 Å². The molecule has 0 amide bonds. The van der Waals surface area contributed by atoms with Gasteiger partial charge in [-0.05, 0) is 24.6 Å². The molecule has 0 fully saturated rings. The lowest BCUT2D eigenvalue weighted by molar-refractivity contribution is 0.762. The van der Waals surface area contributed by atoms with Crippen LogP contribution in [0.15, 0.2) is 34.9 Å². The molecule has 2 rings (SSSR count). The van der Waals surface area contributed by atoms with Crippen molar-refractivity contribution in [3.63, 3.8) is 0 Å². The predicted octanol–water partition coefficient (Wildman–Crippen LogP) is 3.66. The fourth-order valence-corrected chi connectivity index (χ4v) is 1.90. The van der Waals surface area contributed by atoms with Gasteiger partial charge in [0.2, 0.25) is 0 Å². The van der Waals surface area contributed by atoms with Gasteiger partial charge < -0.3 is 4.57 Å². The van der Waals surface area contributed by atoms with Gasteiger partial charge in [-0.2, -0.15) is 0 Å². The summed E-state index contributed by atoms with van der Waals surface area (Å²) < 4.78 is 3.06. The van der Waals surface area contributed by atoms with E-state index in [-0.39, 0.29) is 0 Å². The molecule has 2 nitrogen and oxygen atoms in total. The van der Waals surface area contributed by atoms with Crippen LogP contribution in [0.2, 0.25) is 5.15 Å². The minimum absolute atomic E-state index is 0.676. The molecule has 1 heterocycles. The van der Waals surface area contributed by atoms with E-state index >= 15 is 0 Å². The highest BCUT2D eigenvalue weighted by Crippen LogP contribution is 2.16. The average molecular weight is 286 g/mol. The van der Waals surface area contributed by atoms with Crippen LogP contribution in [0.5, 0.6) is 0 Å². The Hall–Kier alpha value is -0.800. The number of hydrogen-bond acceptors (Lipinski definition) is 1. The van der Waals surface area contributed by atoms with Crippen LogP contribution in [0.25, 0.3) is 0 Å². The van der Waals surface area contributed by atoms with Gasteiger partial charge in [0.25, 0.3) is 0 Å². The van der Waals surface area contributed by atoms with Crippen molar-refractivity contribution in [2.24, 2.45) is 0 Å². The molecule has 15 heavy (non-hydrogen) atoms. The molecule has 0 saturated carbocycles. The smallest absolute Gasteiger partial charge is 0.129 e. The topological polar surface area (TPSA) is 17.8 Å². The van der Waals surface area contributed by atoms with Crippen LogP contribution in [-0.4, -0.2) is 9.55 Å². The summed E-state index contributed by atoms with van der Waals surface area (Å²) in [5.74, 6) is 0.933. The molecule has 0 N–H and O–H groups in total. The third-order valence-electron chi connectivity index (χ3n) is 2.26. The quantitative estimate of drug-likeness (QED) is 0.823. The lowest BCUT2D eigenvalue weighted by Crippen LogP contribution is -2.01. The second-order valence-electron chi connectivity index (χ2n) is 3.34. The number of aryl methyl sites for hydroxylation is 1. The fraction of sp³-hybridized carbons (Fsp3) is 0.182. The Morgan fingerprint density at radius 1 is 1.33 bits per heavy atom. The monoisotopic (exact) mass is 284 g/mol. The van der Waals surface area contributed by atoms with E-state index in [1.54, 1.807) is 6.20 Å². The molecule has 0 unspecified atom stereocenters. The SMILES string of the molecule is Cc1ncc(Cl)n1Cc1ccc(Br)cc1. The molecule has 0 aliphatic carbocycles. The summed E-state index contributed by atoms with van der Waals surface area (Å²) in [6.07, 6.45) is 1.68. The number of benzene rings is 1. The zero-order valence-electron chi connectivity index (χ0n) is 8.24. The summed E-state index contributed by atoms with van der Waals surface area (Å²) in [6.45, 7) is 2.71. The van der Waals surface area contributed by atoms with Gasteiger partial charge >= 0.3 is 0 Å². The fourth-order valence-electron chi connectivity index (χ4n) is 1.40. The summed E-state index contributed by atoms with van der Waals surface area (Å²) in [6, 6.07) is 8.19. The second kappa shape index (κ2) is 4.37. The maximum atomic E-state index is 6.02. The van der Waals surface area contributed by atoms with Crippen molar-refractivity contribution >= 4 is 27.5 Å². The first-order chi connectivity index (χ1) is 7.16. The van der Waals surface area contributed by atoms with Gasteiger partial charge in [-0.25, -0.2) is 4.98 Å². The van der Waals surface area contributed by atoms with Crippen molar-refractivity contribution in [3.8, 4) is 0 Å². The van der Waals surface area contributed by atoms with E-state index in [1.807, 2.05) is 23.6 Å². The molecule has 0 spiro atoms. The van der Waals surface area contributed by atoms with Crippen molar-refractivity contribution in [3.05, 3.63) is 51.5 Å². The Kier molecular flexibility index (Phi) is 3.12. The highest BCUT2D eigenvalue weighted by Gasteiger charge is 2.04. The number of nitrogens with zero attached hydrogens (tertiary/aromatic N) is 2. The van der Waals surface area contributed by atoms with E-state index in [0.717, 1.165) is 16.8 Å². The highest BCUT2D eigenvalue weighted by molar-refractivity contribution is 9.10. The van der Waals surface area contributed by atoms with E-state index in [4.69, 9.17) is 11.6 Å². The third kappa shape index (κ3) is 2.41. The minimum Gasteiger partial charge on any atom is -0.315 e. The van der Waals surface area contributed by atoms with Crippen LogP contribution in [0, 0.1) is 6.92 Å². The van der Waals surface area contributed by atoms with Crippen molar-refractivity contribution in [1.29, 1.82) is 0 Å². The lowest BCUT2D eigenvalue weighted by Gasteiger charge is -2.06. The van der Waals surface area contributed by atoms with Crippen molar-refractivity contribution in [2.45, 2.75) is 13.5 Å². The maximum Gasteiger partial charge on any atom is 0.129 e. The molecule has 1 aromatic heterocycles. The van der Waals surface area contributed by atoms with Crippen LogP contribution < -0.4 is 0 Å². The van der Waals surface area contributed by atoms with Gasteiger partial charge in [-0.15, -0.1) is 0 Å². The Balaban J connectivity index is 2.25. The first kappa shape index (κ1) is 10.7.